The third-order valence-electron chi connectivity index (χ3n) is 3.58. The molecular weight excluding hydrogens is 266 g/mol. The van der Waals surface area contributed by atoms with E-state index in [0.717, 1.165) is 16.9 Å². The van der Waals surface area contributed by atoms with Gasteiger partial charge < -0.3 is 15.2 Å². The van der Waals surface area contributed by atoms with Crippen molar-refractivity contribution < 1.29 is 14.6 Å². The number of hydrogen-bond donors (Lipinski definition) is 2. The Morgan fingerprint density at radius 2 is 1.86 bits per heavy atom. The Labute approximate surface area is 127 Å². The number of rotatable bonds is 7. The van der Waals surface area contributed by atoms with Gasteiger partial charge in [-0.15, -0.1) is 0 Å². The Hall–Kier alpha value is -1.55. The van der Waals surface area contributed by atoms with E-state index < -0.39 is 5.97 Å². The van der Waals surface area contributed by atoms with Crippen LogP contribution in [0.1, 0.15) is 38.3 Å². The molecule has 2 N–H and O–H groups in total. The molecule has 0 aromatic heterocycles. The molecule has 21 heavy (non-hydrogen) atoms. The van der Waals surface area contributed by atoms with Crippen LogP contribution in [0.4, 0.5) is 0 Å². The quantitative estimate of drug-likeness (QED) is 0.810. The van der Waals surface area contributed by atoms with Crippen molar-refractivity contribution >= 4 is 5.97 Å². The number of aryl methyl sites for hydroxylation is 2. The smallest absolute Gasteiger partial charge is 0.304 e. The molecule has 1 aromatic carbocycles. The van der Waals surface area contributed by atoms with Crippen LogP contribution in [0.25, 0.3) is 0 Å². The van der Waals surface area contributed by atoms with Gasteiger partial charge in [0.2, 0.25) is 0 Å². The van der Waals surface area contributed by atoms with Crippen LogP contribution in [-0.4, -0.2) is 30.3 Å². The molecule has 118 valence electrons. The molecule has 0 aliphatic carbocycles. The average molecular weight is 293 g/mol. The molecule has 4 nitrogen and oxygen atoms in total. The zero-order valence-corrected chi connectivity index (χ0v) is 13.7. The summed E-state index contributed by atoms with van der Waals surface area (Å²) < 4.78 is 6.00. The highest BCUT2D eigenvalue weighted by Crippen LogP contribution is 2.25. The lowest BCUT2D eigenvalue weighted by Gasteiger charge is -2.32. The summed E-state index contributed by atoms with van der Waals surface area (Å²) in [5, 5.41) is 12.0. The Kier molecular flexibility index (Phi) is 6.21. The molecule has 1 unspecified atom stereocenters. The Morgan fingerprint density at radius 1 is 1.29 bits per heavy atom. The van der Waals surface area contributed by atoms with Crippen LogP contribution in [0.15, 0.2) is 18.2 Å². The molecule has 0 amide bonds. The van der Waals surface area contributed by atoms with E-state index in [1.54, 1.807) is 0 Å². The number of hydrogen-bond acceptors (Lipinski definition) is 3. The molecule has 0 radical (unpaired) electrons. The van der Waals surface area contributed by atoms with E-state index in [2.05, 4.69) is 26.1 Å². The van der Waals surface area contributed by atoms with E-state index in [9.17, 15) is 4.79 Å². The average Bonchev–Trinajstić information content (AvgIpc) is 2.34. The summed E-state index contributed by atoms with van der Waals surface area (Å²) in [7, 11) is 0. The van der Waals surface area contributed by atoms with Gasteiger partial charge in [0, 0.05) is 12.6 Å². The van der Waals surface area contributed by atoms with E-state index in [-0.39, 0.29) is 17.9 Å². The van der Waals surface area contributed by atoms with Crippen LogP contribution in [0.3, 0.4) is 0 Å². The number of nitrogens with one attached hydrogen (secondary N) is 1. The number of carboxylic acids is 1. The second-order valence-electron chi connectivity index (χ2n) is 6.55. The summed E-state index contributed by atoms with van der Waals surface area (Å²) >= 11 is 0. The van der Waals surface area contributed by atoms with Crippen molar-refractivity contribution in [2.75, 3.05) is 13.2 Å². The number of ether oxygens (including phenoxy) is 1. The molecule has 0 fully saturated rings. The lowest BCUT2D eigenvalue weighted by Crippen LogP contribution is -2.45. The first-order chi connectivity index (χ1) is 9.71. The number of benzene rings is 1. The largest absolute Gasteiger partial charge is 0.491 e. The molecule has 0 saturated heterocycles. The molecule has 0 spiro atoms. The normalized spacial score (nSPS) is 13.0. The van der Waals surface area contributed by atoms with E-state index in [0.29, 0.717) is 13.2 Å². The predicted molar refractivity (Wildman–Crippen MR) is 84.9 cm³/mol. The van der Waals surface area contributed by atoms with Gasteiger partial charge in [-0.25, -0.2) is 0 Å². The van der Waals surface area contributed by atoms with Crippen molar-refractivity contribution in [1.29, 1.82) is 0 Å². The molecule has 0 aliphatic rings. The van der Waals surface area contributed by atoms with Crippen molar-refractivity contribution in [2.45, 2.75) is 47.1 Å². The van der Waals surface area contributed by atoms with Crippen LogP contribution < -0.4 is 10.1 Å². The van der Waals surface area contributed by atoms with Crippen LogP contribution >= 0.6 is 0 Å². The van der Waals surface area contributed by atoms with Gasteiger partial charge in [0.15, 0.2) is 0 Å². The van der Waals surface area contributed by atoms with Crippen molar-refractivity contribution in [3.8, 4) is 5.75 Å². The predicted octanol–water partition coefficient (Wildman–Crippen LogP) is 3.16. The summed E-state index contributed by atoms with van der Waals surface area (Å²) in [5.74, 6) is 0.137. The lowest BCUT2D eigenvalue weighted by atomic mass is 9.87. The lowest BCUT2D eigenvalue weighted by molar-refractivity contribution is -0.136. The highest BCUT2D eigenvalue weighted by Gasteiger charge is 2.25. The standard InChI is InChI=1S/C17H27NO3/c1-12-7-6-8-13(2)16(12)21-11-14(17(3,4)5)18-10-9-15(19)20/h6-8,14,18H,9-11H2,1-5H3,(H,19,20). The van der Waals surface area contributed by atoms with Crippen LogP contribution in [0.5, 0.6) is 5.75 Å². The van der Waals surface area contributed by atoms with E-state index in [1.807, 2.05) is 32.0 Å². The van der Waals surface area contributed by atoms with Crippen molar-refractivity contribution in [1.82, 2.24) is 5.32 Å². The second kappa shape index (κ2) is 7.46. The highest BCUT2D eigenvalue weighted by atomic mass is 16.5. The summed E-state index contributed by atoms with van der Waals surface area (Å²) in [4.78, 5) is 10.6. The minimum absolute atomic E-state index is 0.00487. The molecular formula is C17H27NO3. The fraction of sp³-hybridized carbons (Fsp3) is 0.588. The highest BCUT2D eigenvalue weighted by molar-refractivity contribution is 5.66. The first-order valence-corrected chi connectivity index (χ1v) is 7.36. The van der Waals surface area contributed by atoms with Crippen molar-refractivity contribution in [3.05, 3.63) is 29.3 Å². The molecule has 1 atom stereocenters. The molecule has 0 heterocycles. The maximum atomic E-state index is 10.6. The van der Waals surface area contributed by atoms with Gasteiger partial charge in [-0.2, -0.15) is 0 Å². The zero-order valence-electron chi connectivity index (χ0n) is 13.7. The van der Waals surface area contributed by atoms with Gasteiger partial charge in [0.1, 0.15) is 12.4 Å². The molecule has 1 rings (SSSR count). The fourth-order valence-corrected chi connectivity index (χ4v) is 2.16. The Bertz CT molecular complexity index is 457. The first-order valence-electron chi connectivity index (χ1n) is 7.36. The maximum absolute atomic E-state index is 10.6. The molecule has 4 heteroatoms. The Morgan fingerprint density at radius 3 is 2.33 bits per heavy atom. The van der Waals surface area contributed by atoms with Crippen LogP contribution in [0, 0.1) is 19.3 Å². The van der Waals surface area contributed by atoms with E-state index >= 15 is 0 Å². The molecule has 0 saturated carbocycles. The number of carbonyl (C=O) groups is 1. The third kappa shape index (κ3) is 5.76. The van der Waals surface area contributed by atoms with Gasteiger partial charge in [-0.05, 0) is 30.4 Å². The fourth-order valence-electron chi connectivity index (χ4n) is 2.16. The Balaban J connectivity index is 2.67. The third-order valence-corrected chi connectivity index (χ3v) is 3.58. The number of aliphatic carboxylic acids is 1. The van der Waals surface area contributed by atoms with Crippen molar-refractivity contribution in [2.24, 2.45) is 5.41 Å². The van der Waals surface area contributed by atoms with Gasteiger partial charge in [-0.1, -0.05) is 39.0 Å². The zero-order chi connectivity index (χ0) is 16.0. The van der Waals surface area contributed by atoms with Gasteiger partial charge in [0.05, 0.1) is 6.42 Å². The molecule has 1 aromatic rings. The maximum Gasteiger partial charge on any atom is 0.304 e. The molecule has 0 bridgehead atoms. The summed E-state index contributed by atoms with van der Waals surface area (Å²) in [6, 6.07) is 6.18. The minimum atomic E-state index is -0.786. The first kappa shape index (κ1) is 17.5. The minimum Gasteiger partial charge on any atom is -0.491 e. The van der Waals surface area contributed by atoms with Gasteiger partial charge in [-0.3, -0.25) is 4.79 Å². The van der Waals surface area contributed by atoms with E-state index in [1.165, 1.54) is 0 Å². The SMILES string of the molecule is Cc1cccc(C)c1OCC(NCCC(=O)O)C(C)(C)C. The van der Waals surface area contributed by atoms with Gasteiger partial charge >= 0.3 is 5.97 Å². The van der Waals surface area contributed by atoms with Gasteiger partial charge in [0.25, 0.3) is 0 Å². The molecule has 0 aliphatic heterocycles. The van der Waals surface area contributed by atoms with E-state index in [4.69, 9.17) is 9.84 Å². The van der Waals surface area contributed by atoms with Crippen LogP contribution in [0.2, 0.25) is 0 Å². The van der Waals surface area contributed by atoms with Crippen molar-refractivity contribution in [3.63, 3.8) is 0 Å². The summed E-state index contributed by atoms with van der Waals surface area (Å²) in [6.07, 6.45) is 0.121. The topological polar surface area (TPSA) is 58.6 Å². The summed E-state index contributed by atoms with van der Waals surface area (Å²) in [6.45, 7) is 11.4. The number of para-hydroxylation sites is 1. The second-order valence-corrected chi connectivity index (χ2v) is 6.55. The van der Waals surface area contributed by atoms with Crippen LogP contribution in [-0.2, 0) is 4.79 Å². The number of carboxylic acid groups (broad SMARTS) is 1. The monoisotopic (exact) mass is 293 g/mol. The summed E-state index contributed by atoms with van der Waals surface area (Å²) in [5.41, 5.74) is 2.23.